The van der Waals surface area contributed by atoms with Gasteiger partial charge in [0.05, 0.1) is 17.1 Å². The van der Waals surface area contributed by atoms with Crippen LogP contribution in [-0.2, 0) is 6.42 Å². The second kappa shape index (κ2) is 5.02. The number of nitriles is 1. The zero-order valence-corrected chi connectivity index (χ0v) is 11.7. The monoisotopic (exact) mass is 256 g/mol. The molecule has 100 valence electrons. The SMILES string of the molecule is CCc1nc2ccccc2n1C(C)CC(C)(N)C#N. The molecule has 1 heterocycles. The molecule has 0 fully saturated rings. The summed E-state index contributed by atoms with van der Waals surface area (Å²) in [4.78, 5) is 4.65. The van der Waals surface area contributed by atoms with Crippen LogP contribution < -0.4 is 5.73 Å². The summed E-state index contributed by atoms with van der Waals surface area (Å²) in [6.45, 7) is 5.96. The van der Waals surface area contributed by atoms with Crippen LogP contribution in [0.15, 0.2) is 24.3 Å². The van der Waals surface area contributed by atoms with E-state index >= 15 is 0 Å². The zero-order valence-electron chi connectivity index (χ0n) is 11.7. The van der Waals surface area contributed by atoms with Crippen LogP contribution >= 0.6 is 0 Å². The van der Waals surface area contributed by atoms with Crippen molar-refractivity contribution < 1.29 is 0 Å². The number of rotatable bonds is 4. The van der Waals surface area contributed by atoms with E-state index in [1.165, 1.54) is 0 Å². The van der Waals surface area contributed by atoms with Gasteiger partial charge in [0.2, 0.25) is 0 Å². The molecule has 2 aromatic rings. The van der Waals surface area contributed by atoms with Gasteiger partial charge in [0.25, 0.3) is 0 Å². The van der Waals surface area contributed by atoms with Crippen molar-refractivity contribution in [2.75, 3.05) is 0 Å². The Kier molecular flexibility index (Phi) is 3.59. The molecule has 2 unspecified atom stereocenters. The van der Waals surface area contributed by atoms with Crippen molar-refractivity contribution >= 4 is 11.0 Å². The number of aryl methyl sites for hydroxylation is 1. The highest BCUT2D eigenvalue weighted by atomic mass is 15.1. The Morgan fingerprint density at radius 1 is 1.47 bits per heavy atom. The zero-order chi connectivity index (χ0) is 14.0. The number of para-hydroxylation sites is 2. The normalized spacial score (nSPS) is 15.9. The summed E-state index contributed by atoms with van der Waals surface area (Å²) >= 11 is 0. The van der Waals surface area contributed by atoms with E-state index in [0.717, 1.165) is 23.3 Å². The van der Waals surface area contributed by atoms with Crippen molar-refractivity contribution in [3.8, 4) is 6.07 Å². The highest BCUT2D eigenvalue weighted by Crippen LogP contribution is 2.26. The Labute approximate surface area is 113 Å². The molecule has 2 N–H and O–H groups in total. The number of nitrogens with two attached hydrogens (primary N) is 1. The van der Waals surface area contributed by atoms with Crippen molar-refractivity contribution in [3.05, 3.63) is 30.1 Å². The molecule has 4 nitrogen and oxygen atoms in total. The summed E-state index contributed by atoms with van der Waals surface area (Å²) in [7, 11) is 0. The second-order valence-corrected chi connectivity index (χ2v) is 5.32. The second-order valence-electron chi connectivity index (χ2n) is 5.32. The number of imidazole rings is 1. The van der Waals surface area contributed by atoms with Gasteiger partial charge in [0, 0.05) is 12.5 Å². The Morgan fingerprint density at radius 2 is 2.16 bits per heavy atom. The summed E-state index contributed by atoms with van der Waals surface area (Å²) in [5.41, 5.74) is 7.27. The third-order valence-corrected chi connectivity index (χ3v) is 3.40. The maximum atomic E-state index is 9.08. The number of hydrogen-bond acceptors (Lipinski definition) is 3. The number of aromatic nitrogens is 2. The standard InChI is InChI=1S/C15H20N4/c1-4-14-18-12-7-5-6-8-13(12)19(14)11(2)9-15(3,17)10-16/h5-8,11H,4,9,17H2,1-3H3. The van der Waals surface area contributed by atoms with E-state index in [0.29, 0.717) is 6.42 Å². The van der Waals surface area contributed by atoms with Crippen LogP contribution in [0, 0.1) is 11.3 Å². The Balaban J connectivity index is 2.46. The number of nitrogens with zero attached hydrogens (tertiary/aromatic N) is 3. The lowest BCUT2D eigenvalue weighted by Gasteiger charge is -2.23. The minimum absolute atomic E-state index is 0.150. The van der Waals surface area contributed by atoms with Gasteiger partial charge in [-0.25, -0.2) is 4.98 Å². The van der Waals surface area contributed by atoms with E-state index in [-0.39, 0.29) is 6.04 Å². The highest BCUT2D eigenvalue weighted by molar-refractivity contribution is 5.76. The topological polar surface area (TPSA) is 67.6 Å². The fourth-order valence-electron chi connectivity index (χ4n) is 2.59. The molecule has 0 aliphatic rings. The lowest BCUT2D eigenvalue weighted by atomic mass is 9.96. The number of hydrogen-bond donors (Lipinski definition) is 1. The van der Waals surface area contributed by atoms with Gasteiger partial charge in [-0.15, -0.1) is 0 Å². The fourth-order valence-corrected chi connectivity index (χ4v) is 2.59. The molecule has 0 aliphatic carbocycles. The van der Waals surface area contributed by atoms with Crippen LogP contribution in [0.2, 0.25) is 0 Å². The van der Waals surface area contributed by atoms with E-state index in [1.54, 1.807) is 6.92 Å². The van der Waals surface area contributed by atoms with Crippen LogP contribution in [0.4, 0.5) is 0 Å². The van der Waals surface area contributed by atoms with Gasteiger partial charge in [-0.2, -0.15) is 5.26 Å². The summed E-state index contributed by atoms with van der Waals surface area (Å²) in [5, 5.41) is 9.08. The van der Waals surface area contributed by atoms with Gasteiger partial charge >= 0.3 is 0 Å². The van der Waals surface area contributed by atoms with E-state index in [9.17, 15) is 0 Å². The maximum absolute atomic E-state index is 9.08. The smallest absolute Gasteiger partial charge is 0.109 e. The molecule has 19 heavy (non-hydrogen) atoms. The summed E-state index contributed by atoms with van der Waals surface area (Å²) in [5.74, 6) is 1.04. The van der Waals surface area contributed by atoms with Gasteiger partial charge in [-0.05, 0) is 32.4 Å². The molecule has 0 spiro atoms. The minimum Gasteiger partial charge on any atom is -0.325 e. The molecule has 1 aromatic carbocycles. The molecule has 0 bridgehead atoms. The van der Waals surface area contributed by atoms with Crippen LogP contribution in [0.1, 0.15) is 39.1 Å². The van der Waals surface area contributed by atoms with Gasteiger partial charge in [-0.3, -0.25) is 0 Å². The van der Waals surface area contributed by atoms with Crippen LogP contribution in [-0.4, -0.2) is 15.1 Å². The van der Waals surface area contributed by atoms with Crippen LogP contribution in [0.25, 0.3) is 11.0 Å². The molecule has 0 saturated carbocycles. The van der Waals surface area contributed by atoms with Crippen molar-refractivity contribution in [1.82, 2.24) is 9.55 Å². The summed E-state index contributed by atoms with van der Waals surface area (Å²) in [6, 6.07) is 10.4. The third kappa shape index (κ3) is 2.61. The van der Waals surface area contributed by atoms with Crippen molar-refractivity contribution in [3.63, 3.8) is 0 Å². The molecular formula is C15H20N4. The molecule has 4 heteroatoms. The predicted octanol–water partition coefficient (Wildman–Crippen LogP) is 2.79. The average molecular weight is 256 g/mol. The van der Waals surface area contributed by atoms with Crippen molar-refractivity contribution in [2.45, 2.75) is 45.2 Å². The molecule has 0 amide bonds. The minimum atomic E-state index is -0.810. The Bertz CT molecular complexity index is 619. The Hall–Kier alpha value is -1.86. The molecule has 2 rings (SSSR count). The van der Waals surface area contributed by atoms with E-state index in [4.69, 9.17) is 11.0 Å². The maximum Gasteiger partial charge on any atom is 0.109 e. The highest BCUT2D eigenvalue weighted by Gasteiger charge is 2.24. The first-order valence-electron chi connectivity index (χ1n) is 6.64. The predicted molar refractivity (Wildman–Crippen MR) is 76.6 cm³/mol. The summed E-state index contributed by atoms with van der Waals surface area (Å²) < 4.78 is 2.21. The third-order valence-electron chi connectivity index (χ3n) is 3.40. The molecular weight excluding hydrogens is 236 g/mol. The van der Waals surface area contributed by atoms with E-state index in [2.05, 4.69) is 35.5 Å². The first-order chi connectivity index (χ1) is 8.98. The van der Waals surface area contributed by atoms with Crippen LogP contribution in [0.3, 0.4) is 0 Å². The van der Waals surface area contributed by atoms with Gasteiger partial charge in [0.15, 0.2) is 0 Å². The lowest BCUT2D eigenvalue weighted by molar-refractivity contribution is 0.412. The molecule has 0 saturated heterocycles. The van der Waals surface area contributed by atoms with Crippen molar-refractivity contribution in [2.24, 2.45) is 5.73 Å². The van der Waals surface area contributed by atoms with Gasteiger partial charge in [0.1, 0.15) is 11.4 Å². The number of fused-ring (bicyclic) bond motifs is 1. The van der Waals surface area contributed by atoms with E-state index in [1.807, 2.05) is 18.2 Å². The molecule has 0 aliphatic heterocycles. The molecule has 2 atom stereocenters. The fraction of sp³-hybridized carbons (Fsp3) is 0.467. The first-order valence-corrected chi connectivity index (χ1v) is 6.64. The quantitative estimate of drug-likeness (QED) is 0.914. The van der Waals surface area contributed by atoms with E-state index < -0.39 is 5.54 Å². The largest absolute Gasteiger partial charge is 0.325 e. The average Bonchev–Trinajstić information content (AvgIpc) is 2.76. The lowest BCUT2D eigenvalue weighted by Crippen LogP contribution is -2.36. The van der Waals surface area contributed by atoms with Crippen molar-refractivity contribution in [1.29, 1.82) is 5.26 Å². The Morgan fingerprint density at radius 3 is 2.79 bits per heavy atom. The van der Waals surface area contributed by atoms with Gasteiger partial charge in [-0.1, -0.05) is 19.1 Å². The first kappa shape index (κ1) is 13.6. The summed E-state index contributed by atoms with van der Waals surface area (Å²) in [6.07, 6.45) is 1.48. The molecule has 0 radical (unpaired) electrons. The molecule has 1 aromatic heterocycles. The number of benzene rings is 1. The van der Waals surface area contributed by atoms with Crippen LogP contribution in [0.5, 0.6) is 0 Å². The van der Waals surface area contributed by atoms with Gasteiger partial charge < -0.3 is 10.3 Å².